The van der Waals surface area contributed by atoms with Gasteiger partial charge in [-0.25, -0.2) is 0 Å². The fourth-order valence-corrected chi connectivity index (χ4v) is 2.81. The molecule has 0 aromatic heterocycles. The van der Waals surface area contributed by atoms with E-state index in [4.69, 9.17) is 0 Å². The van der Waals surface area contributed by atoms with Crippen LogP contribution in [0, 0.1) is 11.8 Å². The molecule has 3 rings (SSSR count). The number of fused-ring (bicyclic) bond motifs is 1. The lowest BCUT2D eigenvalue weighted by atomic mass is 9.88. The predicted molar refractivity (Wildman–Crippen MR) is 85.8 cm³/mol. The van der Waals surface area contributed by atoms with Gasteiger partial charge in [0.1, 0.15) is 0 Å². The van der Waals surface area contributed by atoms with E-state index in [1.54, 1.807) is 0 Å². The maximum absolute atomic E-state index is 12.2. The standard InChI is InChI=1S/C16H17BrN2O/c1-10(13-8-18-9-13)16(20)19-15-5-3-11-6-14(17)4-2-12(11)7-15/h2-7,10,13,18H,8-9H2,1H3,(H,19,20). The number of carbonyl (C=O) groups is 1. The van der Waals surface area contributed by atoms with E-state index in [-0.39, 0.29) is 11.8 Å². The molecule has 0 radical (unpaired) electrons. The fourth-order valence-electron chi connectivity index (χ4n) is 2.43. The normalized spacial score (nSPS) is 16.7. The molecule has 1 fully saturated rings. The summed E-state index contributed by atoms with van der Waals surface area (Å²) in [6.45, 7) is 3.89. The zero-order valence-corrected chi connectivity index (χ0v) is 12.9. The Kier molecular flexibility index (Phi) is 3.76. The molecular formula is C16H17BrN2O. The van der Waals surface area contributed by atoms with Crippen LogP contribution in [0.3, 0.4) is 0 Å². The topological polar surface area (TPSA) is 41.1 Å². The maximum atomic E-state index is 12.2. The first-order valence-corrected chi connectivity index (χ1v) is 7.64. The minimum Gasteiger partial charge on any atom is -0.326 e. The summed E-state index contributed by atoms with van der Waals surface area (Å²) in [6.07, 6.45) is 0. The number of rotatable bonds is 3. The summed E-state index contributed by atoms with van der Waals surface area (Å²) in [4.78, 5) is 12.2. The highest BCUT2D eigenvalue weighted by Crippen LogP contribution is 2.24. The monoisotopic (exact) mass is 332 g/mol. The molecule has 1 saturated heterocycles. The molecule has 0 aliphatic carbocycles. The van der Waals surface area contributed by atoms with Gasteiger partial charge in [0.05, 0.1) is 0 Å². The van der Waals surface area contributed by atoms with Crippen molar-refractivity contribution in [3.8, 4) is 0 Å². The van der Waals surface area contributed by atoms with Crippen molar-refractivity contribution in [1.82, 2.24) is 5.32 Å². The van der Waals surface area contributed by atoms with Crippen LogP contribution in [0.5, 0.6) is 0 Å². The van der Waals surface area contributed by atoms with E-state index in [9.17, 15) is 4.79 Å². The van der Waals surface area contributed by atoms with Gasteiger partial charge in [0.15, 0.2) is 0 Å². The average Bonchev–Trinajstić information content (AvgIpc) is 2.37. The summed E-state index contributed by atoms with van der Waals surface area (Å²) in [5.74, 6) is 0.622. The van der Waals surface area contributed by atoms with Gasteiger partial charge < -0.3 is 10.6 Å². The molecule has 104 valence electrons. The number of anilines is 1. The third-order valence-corrected chi connectivity index (χ3v) is 4.50. The van der Waals surface area contributed by atoms with Crippen molar-refractivity contribution in [3.05, 3.63) is 40.9 Å². The third-order valence-electron chi connectivity index (χ3n) is 4.00. The van der Waals surface area contributed by atoms with E-state index in [0.717, 1.165) is 34.0 Å². The molecule has 4 heteroatoms. The SMILES string of the molecule is CC(C(=O)Nc1ccc2cc(Br)ccc2c1)C1CNC1. The van der Waals surface area contributed by atoms with Crippen LogP contribution in [0.2, 0.25) is 0 Å². The van der Waals surface area contributed by atoms with Crippen molar-refractivity contribution in [1.29, 1.82) is 0 Å². The van der Waals surface area contributed by atoms with Crippen LogP contribution in [0.1, 0.15) is 6.92 Å². The smallest absolute Gasteiger partial charge is 0.227 e. The lowest BCUT2D eigenvalue weighted by Gasteiger charge is -2.31. The Labute approximate surface area is 126 Å². The maximum Gasteiger partial charge on any atom is 0.227 e. The van der Waals surface area contributed by atoms with Crippen LogP contribution in [0.25, 0.3) is 10.8 Å². The first-order valence-electron chi connectivity index (χ1n) is 6.84. The number of nitrogens with one attached hydrogen (secondary N) is 2. The average molecular weight is 333 g/mol. The first kappa shape index (κ1) is 13.6. The van der Waals surface area contributed by atoms with Gasteiger partial charge in [-0.1, -0.05) is 35.0 Å². The molecule has 1 aliphatic heterocycles. The number of hydrogen-bond donors (Lipinski definition) is 2. The zero-order chi connectivity index (χ0) is 14.1. The van der Waals surface area contributed by atoms with Gasteiger partial charge >= 0.3 is 0 Å². The van der Waals surface area contributed by atoms with E-state index in [2.05, 4.69) is 32.6 Å². The quantitative estimate of drug-likeness (QED) is 0.904. The minimum absolute atomic E-state index is 0.0527. The Morgan fingerprint density at radius 1 is 1.25 bits per heavy atom. The van der Waals surface area contributed by atoms with Gasteiger partial charge in [-0.05, 0) is 54.0 Å². The number of amides is 1. The van der Waals surface area contributed by atoms with Crippen LogP contribution >= 0.6 is 15.9 Å². The van der Waals surface area contributed by atoms with Crippen LogP contribution in [-0.2, 0) is 4.79 Å². The molecule has 1 heterocycles. The number of carbonyl (C=O) groups excluding carboxylic acids is 1. The number of hydrogen-bond acceptors (Lipinski definition) is 2. The Hall–Kier alpha value is -1.39. The summed E-state index contributed by atoms with van der Waals surface area (Å²) in [7, 11) is 0. The second-order valence-corrected chi connectivity index (χ2v) is 6.32. The van der Waals surface area contributed by atoms with Gasteiger partial charge in [-0.15, -0.1) is 0 Å². The molecule has 1 unspecified atom stereocenters. The molecule has 0 saturated carbocycles. The highest BCUT2D eigenvalue weighted by molar-refractivity contribution is 9.10. The van der Waals surface area contributed by atoms with Crippen molar-refractivity contribution in [3.63, 3.8) is 0 Å². The van der Waals surface area contributed by atoms with Gasteiger partial charge in [0.25, 0.3) is 0 Å². The highest BCUT2D eigenvalue weighted by atomic mass is 79.9. The molecular weight excluding hydrogens is 316 g/mol. The lowest BCUT2D eigenvalue weighted by Crippen LogP contribution is -2.48. The molecule has 2 N–H and O–H groups in total. The second-order valence-electron chi connectivity index (χ2n) is 5.40. The summed E-state index contributed by atoms with van der Waals surface area (Å²) in [5.41, 5.74) is 0.865. The third kappa shape index (κ3) is 2.72. The van der Waals surface area contributed by atoms with Crippen LogP contribution in [0.15, 0.2) is 40.9 Å². The Morgan fingerprint density at radius 3 is 2.65 bits per heavy atom. The summed E-state index contributed by atoms with van der Waals surface area (Å²) >= 11 is 3.46. The van der Waals surface area contributed by atoms with E-state index in [1.807, 2.05) is 37.3 Å². The van der Waals surface area contributed by atoms with E-state index >= 15 is 0 Å². The van der Waals surface area contributed by atoms with E-state index in [1.165, 1.54) is 0 Å². The van der Waals surface area contributed by atoms with Crippen molar-refractivity contribution in [2.24, 2.45) is 11.8 Å². The van der Waals surface area contributed by atoms with E-state index in [0.29, 0.717) is 5.92 Å². The molecule has 20 heavy (non-hydrogen) atoms. The molecule has 2 aromatic rings. The van der Waals surface area contributed by atoms with Crippen LogP contribution in [0.4, 0.5) is 5.69 Å². The number of benzene rings is 2. The molecule has 1 atom stereocenters. The van der Waals surface area contributed by atoms with Gasteiger partial charge in [-0.3, -0.25) is 4.79 Å². The molecule has 2 aromatic carbocycles. The highest BCUT2D eigenvalue weighted by Gasteiger charge is 2.28. The van der Waals surface area contributed by atoms with Gasteiger partial charge in [0, 0.05) is 16.1 Å². The van der Waals surface area contributed by atoms with E-state index < -0.39 is 0 Å². The Bertz CT molecular complexity index is 652. The summed E-state index contributed by atoms with van der Waals surface area (Å²) < 4.78 is 1.06. The first-order chi connectivity index (χ1) is 9.63. The van der Waals surface area contributed by atoms with Crippen molar-refractivity contribution < 1.29 is 4.79 Å². The minimum atomic E-state index is 0.0527. The molecule has 0 spiro atoms. The molecule has 3 nitrogen and oxygen atoms in total. The van der Waals surface area contributed by atoms with Gasteiger partial charge in [0.2, 0.25) is 5.91 Å². The largest absolute Gasteiger partial charge is 0.326 e. The van der Waals surface area contributed by atoms with Crippen LogP contribution < -0.4 is 10.6 Å². The fraction of sp³-hybridized carbons (Fsp3) is 0.312. The second kappa shape index (κ2) is 5.54. The Balaban J connectivity index is 1.76. The zero-order valence-electron chi connectivity index (χ0n) is 11.3. The molecule has 1 amide bonds. The number of halogens is 1. The summed E-state index contributed by atoms with van der Waals surface area (Å²) in [5, 5.41) is 8.51. The van der Waals surface area contributed by atoms with Crippen molar-refractivity contribution >= 4 is 38.3 Å². The lowest BCUT2D eigenvalue weighted by molar-refractivity contribution is -0.121. The predicted octanol–water partition coefficient (Wildman–Crippen LogP) is 3.40. The Morgan fingerprint density at radius 2 is 1.95 bits per heavy atom. The summed E-state index contributed by atoms with van der Waals surface area (Å²) in [6, 6.07) is 12.1. The molecule has 0 bridgehead atoms. The molecule has 1 aliphatic rings. The van der Waals surface area contributed by atoms with Crippen molar-refractivity contribution in [2.75, 3.05) is 18.4 Å². The van der Waals surface area contributed by atoms with Crippen molar-refractivity contribution in [2.45, 2.75) is 6.92 Å². The van der Waals surface area contributed by atoms with Crippen LogP contribution in [-0.4, -0.2) is 19.0 Å². The van der Waals surface area contributed by atoms with Gasteiger partial charge in [-0.2, -0.15) is 0 Å².